The number of rotatable bonds is 7. The first-order valence-electron chi connectivity index (χ1n) is 11.1. The molecule has 1 amide bonds. The fourth-order valence-corrected chi connectivity index (χ4v) is 4.09. The van der Waals surface area contributed by atoms with Gasteiger partial charge in [-0.2, -0.15) is 0 Å². The SMILES string of the molecule is CCN1CCC(COc2cc3c(Nc4ccccc4)c(C(=O)NC)cnc3cc2F)CC1. The van der Waals surface area contributed by atoms with Crippen LogP contribution in [0, 0.1) is 11.7 Å². The molecule has 1 aromatic heterocycles. The van der Waals surface area contributed by atoms with Gasteiger partial charge in [0, 0.05) is 30.4 Å². The van der Waals surface area contributed by atoms with E-state index in [9.17, 15) is 9.18 Å². The maximum Gasteiger partial charge on any atom is 0.254 e. The third kappa shape index (κ3) is 4.83. The number of hydrogen-bond donors (Lipinski definition) is 2. The van der Waals surface area contributed by atoms with Crippen molar-refractivity contribution >= 4 is 28.2 Å². The van der Waals surface area contributed by atoms with Gasteiger partial charge in [-0.3, -0.25) is 9.78 Å². The van der Waals surface area contributed by atoms with Gasteiger partial charge >= 0.3 is 0 Å². The average molecular weight is 437 g/mol. The normalized spacial score (nSPS) is 15.0. The lowest BCUT2D eigenvalue weighted by Gasteiger charge is -2.30. The summed E-state index contributed by atoms with van der Waals surface area (Å²) in [7, 11) is 1.57. The largest absolute Gasteiger partial charge is 0.490 e. The minimum Gasteiger partial charge on any atom is -0.490 e. The van der Waals surface area contributed by atoms with Crippen LogP contribution in [0.1, 0.15) is 30.1 Å². The molecule has 0 bridgehead atoms. The number of anilines is 2. The highest BCUT2D eigenvalue weighted by Gasteiger charge is 2.21. The molecule has 4 rings (SSSR count). The van der Waals surface area contributed by atoms with Gasteiger partial charge in [0.2, 0.25) is 0 Å². The molecule has 0 atom stereocenters. The summed E-state index contributed by atoms with van der Waals surface area (Å²) in [6.45, 7) is 5.81. The topological polar surface area (TPSA) is 66.5 Å². The van der Waals surface area contributed by atoms with Gasteiger partial charge in [-0.05, 0) is 56.6 Å². The first-order chi connectivity index (χ1) is 15.6. The Balaban J connectivity index is 1.65. The van der Waals surface area contributed by atoms with Gasteiger partial charge in [-0.15, -0.1) is 0 Å². The Hall–Kier alpha value is -3.19. The molecule has 0 spiro atoms. The molecule has 2 aromatic carbocycles. The lowest BCUT2D eigenvalue weighted by molar-refractivity contribution is 0.0963. The minimum absolute atomic E-state index is 0.183. The van der Waals surface area contributed by atoms with Crippen molar-refractivity contribution in [1.29, 1.82) is 0 Å². The van der Waals surface area contributed by atoms with Gasteiger partial charge in [0.15, 0.2) is 11.6 Å². The standard InChI is InChI=1S/C25H29FN4O2/c1-3-30-11-9-17(10-12-30)16-32-23-13-19-22(14-21(23)26)28-15-20(25(31)27-2)24(19)29-18-7-5-4-6-8-18/h4-8,13-15,17H,3,9-12,16H2,1-2H3,(H,27,31)(H,28,29). The number of para-hydroxylation sites is 1. The number of carbonyl (C=O) groups is 1. The van der Waals surface area contributed by atoms with Crippen LogP contribution in [0.2, 0.25) is 0 Å². The molecule has 2 N–H and O–H groups in total. The third-order valence-electron chi connectivity index (χ3n) is 6.07. The predicted octanol–water partition coefficient (Wildman–Crippen LogP) is 4.59. The van der Waals surface area contributed by atoms with Crippen molar-refractivity contribution in [2.24, 2.45) is 5.92 Å². The van der Waals surface area contributed by atoms with Crippen LogP contribution >= 0.6 is 0 Å². The second-order valence-corrected chi connectivity index (χ2v) is 8.11. The van der Waals surface area contributed by atoms with E-state index in [1.807, 2.05) is 30.3 Å². The number of nitrogens with zero attached hydrogens (tertiary/aromatic N) is 2. The van der Waals surface area contributed by atoms with Gasteiger partial charge in [0.1, 0.15) is 0 Å². The summed E-state index contributed by atoms with van der Waals surface area (Å²) in [6, 6.07) is 12.6. The molecule has 0 saturated carbocycles. The van der Waals surface area contributed by atoms with Gasteiger partial charge < -0.3 is 20.3 Å². The number of likely N-dealkylation sites (tertiary alicyclic amines) is 1. The zero-order chi connectivity index (χ0) is 22.5. The molecule has 6 nitrogen and oxygen atoms in total. The molecule has 7 heteroatoms. The van der Waals surface area contributed by atoms with Crippen LogP contribution in [-0.4, -0.2) is 49.1 Å². The summed E-state index contributed by atoms with van der Waals surface area (Å²) in [4.78, 5) is 19.2. The number of ether oxygens (including phenoxy) is 1. The smallest absolute Gasteiger partial charge is 0.254 e. The molecule has 1 aliphatic rings. The number of pyridine rings is 1. The second-order valence-electron chi connectivity index (χ2n) is 8.11. The van der Waals surface area contributed by atoms with E-state index >= 15 is 0 Å². The number of piperidine rings is 1. The highest BCUT2D eigenvalue weighted by molar-refractivity contribution is 6.08. The molecular weight excluding hydrogens is 407 g/mol. The van der Waals surface area contributed by atoms with Crippen LogP contribution in [0.3, 0.4) is 0 Å². The summed E-state index contributed by atoms with van der Waals surface area (Å²) in [5.41, 5.74) is 2.23. The monoisotopic (exact) mass is 436 g/mol. The second kappa shape index (κ2) is 9.96. The molecule has 3 aromatic rings. The molecule has 1 aliphatic heterocycles. The molecule has 0 aliphatic carbocycles. The molecule has 32 heavy (non-hydrogen) atoms. The fraction of sp³-hybridized carbons (Fsp3) is 0.360. The van der Waals surface area contributed by atoms with Crippen LogP contribution in [0.4, 0.5) is 15.8 Å². The quantitative estimate of drug-likeness (QED) is 0.567. The Bertz CT molecular complexity index is 1080. The van der Waals surface area contributed by atoms with Crippen LogP contribution in [0.15, 0.2) is 48.7 Å². The van der Waals surface area contributed by atoms with E-state index in [0.29, 0.717) is 34.7 Å². The molecule has 1 fully saturated rings. The van der Waals surface area contributed by atoms with Crippen LogP contribution in [0.25, 0.3) is 10.9 Å². The Morgan fingerprint density at radius 1 is 1.22 bits per heavy atom. The van der Waals surface area contributed by atoms with Crippen molar-refractivity contribution in [2.75, 3.05) is 38.6 Å². The molecule has 2 heterocycles. The highest BCUT2D eigenvalue weighted by Crippen LogP contribution is 2.34. The van der Waals surface area contributed by atoms with E-state index in [2.05, 4.69) is 27.4 Å². The van der Waals surface area contributed by atoms with E-state index in [1.165, 1.54) is 12.3 Å². The lowest BCUT2D eigenvalue weighted by Crippen LogP contribution is -2.35. The van der Waals surface area contributed by atoms with E-state index in [-0.39, 0.29) is 11.7 Å². The molecular formula is C25H29FN4O2. The number of amides is 1. The zero-order valence-corrected chi connectivity index (χ0v) is 18.5. The minimum atomic E-state index is -0.450. The number of hydrogen-bond acceptors (Lipinski definition) is 5. The van der Waals surface area contributed by atoms with E-state index in [4.69, 9.17) is 4.74 Å². The first-order valence-corrected chi connectivity index (χ1v) is 11.1. The number of benzene rings is 2. The predicted molar refractivity (Wildman–Crippen MR) is 125 cm³/mol. The summed E-state index contributed by atoms with van der Waals surface area (Å²) < 4.78 is 20.7. The number of fused-ring (bicyclic) bond motifs is 1. The molecule has 0 unspecified atom stereocenters. The summed E-state index contributed by atoms with van der Waals surface area (Å²) in [5, 5.41) is 6.59. The van der Waals surface area contributed by atoms with Crippen molar-refractivity contribution in [3.05, 3.63) is 60.0 Å². The molecule has 0 radical (unpaired) electrons. The number of halogens is 1. The van der Waals surface area contributed by atoms with Crippen molar-refractivity contribution in [3.8, 4) is 5.75 Å². The van der Waals surface area contributed by atoms with Gasteiger partial charge in [0.25, 0.3) is 5.91 Å². The van der Waals surface area contributed by atoms with Crippen LogP contribution < -0.4 is 15.4 Å². The Morgan fingerprint density at radius 3 is 2.66 bits per heavy atom. The van der Waals surface area contributed by atoms with Crippen molar-refractivity contribution in [3.63, 3.8) is 0 Å². The summed E-state index contributed by atoms with van der Waals surface area (Å²) in [6.07, 6.45) is 3.56. The Labute approximate surface area is 187 Å². The van der Waals surface area contributed by atoms with E-state index in [1.54, 1.807) is 13.1 Å². The lowest BCUT2D eigenvalue weighted by atomic mass is 9.98. The fourth-order valence-electron chi connectivity index (χ4n) is 4.09. The van der Waals surface area contributed by atoms with Gasteiger partial charge in [0.05, 0.1) is 23.4 Å². The zero-order valence-electron chi connectivity index (χ0n) is 18.5. The van der Waals surface area contributed by atoms with Crippen LogP contribution in [0.5, 0.6) is 5.75 Å². The van der Waals surface area contributed by atoms with Crippen molar-refractivity contribution in [2.45, 2.75) is 19.8 Å². The third-order valence-corrected chi connectivity index (χ3v) is 6.07. The van der Waals surface area contributed by atoms with Crippen molar-refractivity contribution < 1.29 is 13.9 Å². The number of nitrogens with one attached hydrogen (secondary N) is 2. The maximum atomic E-state index is 14.8. The van der Waals surface area contributed by atoms with Crippen LogP contribution in [-0.2, 0) is 0 Å². The van der Waals surface area contributed by atoms with Crippen molar-refractivity contribution in [1.82, 2.24) is 15.2 Å². The summed E-state index contributed by atoms with van der Waals surface area (Å²) >= 11 is 0. The summed E-state index contributed by atoms with van der Waals surface area (Å²) in [5.74, 6) is -0.130. The Kier molecular flexibility index (Phi) is 6.85. The van der Waals surface area contributed by atoms with Gasteiger partial charge in [-0.1, -0.05) is 25.1 Å². The van der Waals surface area contributed by atoms with E-state index < -0.39 is 5.82 Å². The Morgan fingerprint density at radius 2 is 1.97 bits per heavy atom. The number of carbonyl (C=O) groups excluding carboxylic acids is 1. The van der Waals surface area contributed by atoms with Gasteiger partial charge in [-0.25, -0.2) is 4.39 Å². The first kappa shape index (κ1) is 22.0. The number of aromatic nitrogens is 1. The van der Waals surface area contributed by atoms with E-state index in [0.717, 1.165) is 38.2 Å². The highest BCUT2D eigenvalue weighted by atomic mass is 19.1. The molecule has 168 valence electrons. The molecule has 1 saturated heterocycles. The average Bonchev–Trinajstić information content (AvgIpc) is 2.83. The maximum absolute atomic E-state index is 14.8.